The molecule has 7 nitrogen and oxygen atoms in total. The predicted molar refractivity (Wildman–Crippen MR) is 158 cm³/mol. The second-order valence-electron chi connectivity index (χ2n) is 9.88. The Bertz CT molecular complexity index is 1940. The third kappa shape index (κ3) is 6.43. The summed E-state index contributed by atoms with van der Waals surface area (Å²) in [5.41, 5.74) is -5.67. The van der Waals surface area contributed by atoms with Gasteiger partial charge in [-0.1, -0.05) is 24.3 Å². The molecule has 0 spiro atoms. The molecule has 1 aliphatic heterocycles. The van der Waals surface area contributed by atoms with Crippen molar-refractivity contribution < 1.29 is 59.3 Å². The van der Waals surface area contributed by atoms with Gasteiger partial charge in [0.15, 0.2) is 5.71 Å². The number of carbonyl (C=O) groups is 2. The van der Waals surface area contributed by atoms with E-state index in [-0.39, 0.29) is 49.2 Å². The van der Waals surface area contributed by atoms with Crippen molar-refractivity contribution in [2.45, 2.75) is 18.5 Å². The predicted octanol–water partition coefficient (Wildman–Crippen LogP) is 8.91. The molecule has 0 aliphatic carbocycles. The number of para-hydroxylation sites is 1. The Morgan fingerprint density at radius 1 is 0.745 bits per heavy atom. The molecular formula is C30H15F9IN3O4. The minimum atomic E-state index is -5.33. The number of phenolic OH excluding ortho intramolecular Hbond substituents is 1. The van der Waals surface area contributed by atoms with Crippen LogP contribution in [-0.2, 0) is 23.3 Å². The van der Waals surface area contributed by atoms with Crippen molar-refractivity contribution in [1.29, 1.82) is 0 Å². The molecule has 244 valence electrons. The smallest absolute Gasteiger partial charge is 0.416 e. The number of rotatable bonds is 5. The number of anilines is 3. The number of fused-ring (bicyclic) bond motifs is 1. The van der Waals surface area contributed by atoms with E-state index in [1.165, 1.54) is 30.3 Å². The number of nitrogens with one attached hydrogen (secondary N) is 1. The number of aromatic carboxylic acids is 1. The summed E-state index contributed by atoms with van der Waals surface area (Å²) < 4.78 is 123. The second-order valence-corrected chi connectivity index (χ2v) is 11.0. The molecule has 3 N–H and O–H groups in total. The van der Waals surface area contributed by atoms with Gasteiger partial charge in [-0.15, -0.1) is 0 Å². The molecule has 0 unspecified atom stereocenters. The number of amides is 1. The quantitative estimate of drug-likeness (QED) is 0.107. The number of hydrogen-bond donors (Lipinski definition) is 3. The van der Waals surface area contributed by atoms with Crippen LogP contribution in [0.5, 0.6) is 5.75 Å². The highest BCUT2D eigenvalue weighted by Crippen LogP contribution is 2.44. The Morgan fingerprint density at radius 3 is 1.87 bits per heavy atom. The lowest BCUT2D eigenvalue weighted by atomic mass is 10.0. The third-order valence-corrected chi connectivity index (χ3v) is 8.02. The second kappa shape index (κ2) is 11.8. The number of phenols is 1. The summed E-state index contributed by atoms with van der Waals surface area (Å²) >= 11 is 1.69. The summed E-state index contributed by atoms with van der Waals surface area (Å²) in [6.45, 7) is 0. The van der Waals surface area contributed by atoms with Gasteiger partial charge < -0.3 is 10.2 Å². The van der Waals surface area contributed by atoms with Crippen molar-refractivity contribution in [1.82, 2.24) is 0 Å². The van der Waals surface area contributed by atoms with E-state index >= 15 is 0 Å². The number of alkyl halides is 9. The number of carboxylic acid groups (broad SMARTS) is 1. The molecule has 0 aromatic heterocycles. The fraction of sp³-hybridized carbons (Fsp3) is 0.100. The summed E-state index contributed by atoms with van der Waals surface area (Å²) in [5.74, 6) is -3.07. The molecule has 0 saturated heterocycles. The molecule has 0 saturated carbocycles. The standard InChI is InChI=1S/C30H15F9IN3O4/c31-28(32,33)13-5-6-19-21(12-13)43(16-10-14(29(34,35)36)9-15(11-16)30(37,38)39)26(45)25(19)42-41-20-8-7-18(24(40)23(20)27(46)47)17-3-1-2-4-22(17)44/h1-12,41,44H,(H,46,47). The van der Waals surface area contributed by atoms with Crippen LogP contribution in [0.25, 0.3) is 11.1 Å². The topological polar surface area (TPSA) is 102 Å². The Hall–Kier alpha value is -4.81. The molecule has 0 radical (unpaired) electrons. The molecule has 0 atom stereocenters. The zero-order valence-corrected chi connectivity index (χ0v) is 25.0. The summed E-state index contributed by atoms with van der Waals surface area (Å²) in [6.07, 6.45) is -15.7. The van der Waals surface area contributed by atoms with Crippen molar-refractivity contribution >= 4 is 57.2 Å². The summed E-state index contributed by atoms with van der Waals surface area (Å²) in [6, 6.07) is 10.4. The molecule has 4 aromatic rings. The van der Waals surface area contributed by atoms with E-state index < -0.39 is 75.3 Å². The average Bonchev–Trinajstić information content (AvgIpc) is 3.25. The highest BCUT2D eigenvalue weighted by atomic mass is 127. The van der Waals surface area contributed by atoms with E-state index in [1.54, 1.807) is 28.7 Å². The molecule has 1 amide bonds. The van der Waals surface area contributed by atoms with Gasteiger partial charge in [-0.2, -0.15) is 44.6 Å². The first kappa shape index (κ1) is 33.6. The van der Waals surface area contributed by atoms with Crippen LogP contribution in [0.4, 0.5) is 56.6 Å². The summed E-state index contributed by atoms with van der Waals surface area (Å²) in [7, 11) is 0. The van der Waals surface area contributed by atoms with E-state index in [1.807, 2.05) is 0 Å². The summed E-state index contributed by atoms with van der Waals surface area (Å²) in [5, 5.41) is 24.1. The van der Waals surface area contributed by atoms with Gasteiger partial charge in [0.05, 0.1) is 39.3 Å². The minimum absolute atomic E-state index is 0.0973. The van der Waals surface area contributed by atoms with Crippen molar-refractivity contribution in [3.8, 4) is 16.9 Å². The number of aromatic hydroxyl groups is 1. The molecule has 17 heteroatoms. The number of hydrazone groups is 1. The van der Waals surface area contributed by atoms with Crippen LogP contribution >= 0.6 is 22.6 Å². The maximum Gasteiger partial charge on any atom is 0.416 e. The maximum absolute atomic E-state index is 13.6. The van der Waals surface area contributed by atoms with E-state index in [2.05, 4.69) is 10.5 Å². The molecule has 4 aromatic carbocycles. The highest BCUT2D eigenvalue weighted by Gasteiger charge is 2.42. The Balaban J connectivity index is 1.66. The lowest BCUT2D eigenvalue weighted by Gasteiger charge is -2.21. The van der Waals surface area contributed by atoms with E-state index in [9.17, 15) is 59.3 Å². The number of carbonyl (C=O) groups excluding carboxylic acids is 1. The Labute approximate surface area is 271 Å². The van der Waals surface area contributed by atoms with Crippen molar-refractivity contribution in [2.75, 3.05) is 10.3 Å². The molecular weight excluding hydrogens is 764 g/mol. The van der Waals surface area contributed by atoms with Gasteiger partial charge in [0.25, 0.3) is 5.91 Å². The zero-order valence-electron chi connectivity index (χ0n) is 22.8. The van der Waals surface area contributed by atoms with Crippen LogP contribution in [-0.4, -0.2) is 27.8 Å². The Kier molecular flexibility index (Phi) is 8.40. The number of halogens is 10. The van der Waals surface area contributed by atoms with Crippen LogP contribution in [0.15, 0.2) is 77.9 Å². The minimum Gasteiger partial charge on any atom is -0.507 e. The lowest BCUT2D eigenvalue weighted by molar-refractivity contribution is -0.143. The van der Waals surface area contributed by atoms with Gasteiger partial charge in [0.2, 0.25) is 0 Å². The maximum atomic E-state index is 13.6. The first-order chi connectivity index (χ1) is 21.8. The van der Waals surface area contributed by atoms with Gasteiger partial charge in [-0.25, -0.2) is 4.79 Å². The SMILES string of the molecule is O=C(O)c1c(NN=C2C(=O)N(c3cc(C(F)(F)F)cc(C(F)(F)F)c3)c3cc(C(F)(F)F)ccc32)ccc(-c2ccccc2O)c1I. The number of hydrogen-bond acceptors (Lipinski definition) is 5. The number of nitrogens with zero attached hydrogens (tertiary/aromatic N) is 2. The van der Waals surface area contributed by atoms with Gasteiger partial charge in [0, 0.05) is 14.7 Å². The fourth-order valence-corrected chi connectivity index (χ4v) is 5.75. The summed E-state index contributed by atoms with van der Waals surface area (Å²) in [4.78, 5) is 26.1. The van der Waals surface area contributed by atoms with Crippen molar-refractivity contribution in [3.05, 3.63) is 104 Å². The molecule has 47 heavy (non-hydrogen) atoms. The van der Waals surface area contributed by atoms with Gasteiger partial charge in [-0.3, -0.25) is 15.1 Å². The van der Waals surface area contributed by atoms with Crippen LogP contribution in [0.1, 0.15) is 32.6 Å². The molecule has 1 aliphatic rings. The van der Waals surface area contributed by atoms with Gasteiger partial charge in [-0.05, 0) is 76.7 Å². The molecule has 1 heterocycles. The number of carboxylic acids is 1. The normalized spacial score (nSPS) is 14.5. The monoisotopic (exact) mass is 779 g/mol. The number of benzene rings is 4. The van der Waals surface area contributed by atoms with Crippen LogP contribution in [0, 0.1) is 3.57 Å². The first-order valence-corrected chi connectivity index (χ1v) is 13.9. The van der Waals surface area contributed by atoms with Crippen LogP contribution in [0.2, 0.25) is 0 Å². The third-order valence-electron chi connectivity index (χ3n) is 6.90. The largest absolute Gasteiger partial charge is 0.507 e. The first-order valence-electron chi connectivity index (χ1n) is 12.8. The molecule has 0 fully saturated rings. The Morgan fingerprint density at radius 2 is 1.32 bits per heavy atom. The fourth-order valence-electron chi connectivity index (χ4n) is 4.76. The van der Waals surface area contributed by atoms with Crippen molar-refractivity contribution in [2.24, 2.45) is 5.10 Å². The highest BCUT2D eigenvalue weighted by molar-refractivity contribution is 14.1. The van der Waals surface area contributed by atoms with Gasteiger partial charge in [0.1, 0.15) is 5.75 Å². The molecule has 5 rings (SSSR count). The van der Waals surface area contributed by atoms with Crippen LogP contribution in [0.3, 0.4) is 0 Å². The van der Waals surface area contributed by atoms with Crippen LogP contribution < -0.4 is 10.3 Å². The zero-order chi connectivity index (χ0) is 34.6. The average molecular weight is 779 g/mol. The molecule has 0 bridgehead atoms. The van der Waals surface area contributed by atoms with Crippen molar-refractivity contribution in [3.63, 3.8) is 0 Å². The lowest BCUT2D eigenvalue weighted by Crippen LogP contribution is -2.27. The van der Waals surface area contributed by atoms with E-state index in [0.29, 0.717) is 12.1 Å². The van der Waals surface area contributed by atoms with E-state index in [0.717, 1.165) is 6.07 Å². The van der Waals surface area contributed by atoms with Gasteiger partial charge >= 0.3 is 24.5 Å². The van der Waals surface area contributed by atoms with E-state index in [4.69, 9.17) is 0 Å².